The van der Waals surface area contributed by atoms with Gasteiger partial charge in [0.15, 0.2) is 0 Å². The van der Waals surface area contributed by atoms with Gasteiger partial charge >= 0.3 is 5.51 Å². The molecule has 4 rings (SSSR count). The zero-order chi connectivity index (χ0) is 18.1. The van der Waals surface area contributed by atoms with E-state index in [0.29, 0.717) is 11.6 Å². The Morgan fingerprint density at radius 1 is 1.15 bits per heavy atom. The van der Waals surface area contributed by atoms with E-state index in [-0.39, 0.29) is 17.3 Å². The van der Waals surface area contributed by atoms with Crippen LogP contribution in [0.3, 0.4) is 0 Å². The van der Waals surface area contributed by atoms with E-state index in [0.717, 1.165) is 17.0 Å². The quantitative estimate of drug-likeness (QED) is 0.619. The summed E-state index contributed by atoms with van der Waals surface area (Å²) in [5, 5.41) is 5.66. The van der Waals surface area contributed by atoms with Gasteiger partial charge in [-0.15, -0.1) is 11.8 Å². The lowest BCUT2D eigenvalue weighted by Gasteiger charge is -2.14. The standard InChI is InChI=1S/C18H16F3N3S2/c19-18(20,21)26-24-14-5-3-12(4-6-14)16-10-25-17(23-16)13-7-8-22-15(9-13)11-1-2-11/h3-11,17,23-24H,1-2H2. The number of aromatic nitrogens is 1. The SMILES string of the molecule is FC(F)(F)SNc1ccc(C2=CSC(c3ccnc(C4CC4)c3)N2)cc1. The Morgan fingerprint density at radius 2 is 1.92 bits per heavy atom. The van der Waals surface area contributed by atoms with Crippen molar-refractivity contribution >= 4 is 35.1 Å². The van der Waals surface area contributed by atoms with Crippen LogP contribution in [-0.4, -0.2) is 10.5 Å². The van der Waals surface area contributed by atoms with Gasteiger partial charge in [0.25, 0.3) is 0 Å². The zero-order valence-corrected chi connectivity index (χ0v) is 15.2. The predicted molar refractivity (Wildman–Crippen MR) is 101 cm³/mol. The van der Waals surface area contributed by atoms with Gasteiger partial charge in [0.1, 0.15) is 5.37 Å². The number of benzene rings is 1. The number of hydrogen-bond donors (Lipinski definition) is 2. The number of thioether (sulfide) groups is 1. The van der Waals surface area contributed by atoms with Crippen LogP contribution in [0.5, 0.6) is 0 Å². The summed E-state index contributed by atoms with van der Waals surface area (Å²) in [6.45, 7) is 0. The second-order valence-corrected chi connectivity index (χ2v) is 8.06. The van der Waals surface area contributed by atoms with E-state index in [4.69, 9.17) is 0 Å². The maximum Gasteiger partial charge on any atom is 0.461 e. The molecule has 0 bridgehead atoms. The molecule has 0 spiro atoms. The van der Waals surface area contributed by atoms with E-state index in [1.54, 1.807) is 23.9 Å². The van der Waals surface area contributed by atoms with Crippen LogP contribution in [0.2, 0.25) is 0 Å². The summed E-state index contributed by atoms with van der Waals surface area (Å²) in [6.07, 6.45) is 4.30. The first-order valence-electron chi connectivity index (χ1n) is 8.17. The summed E-state index contributed by atoms with van der Waals surface area (Å²) in [5.74, 6) is 0.614. The van der Waals surface area contributed by atoms with Crippen LogP contribution < -0.4 is 10.0 Å². The molecule has 1 aromatic heterocycles. The fraction of sp³-hybridized carbons (Fsp3) is 0.278. The maximum atomic E-state index is 12.2. The summed E-state index contributed by atoms with van der Waals surface area (Å²) < 4.78 is 39.0. The van der Waals surface area contributed by atoms with Crippen molar-refractivity contribution in [2.75, 3.05) is 4.72 Å². The molecule has 3 nitrogen and oxygen atoms in total. The lowest BCUT2D eigenvalue weighted by atomic mass is 10.1. The van der Waals surface area contributed by atoms with Gasteiger partial charge in [-0.25, -0.2) is 0 Å². The van der Waals surface area contributed by atoms with Gasteiger partial charge in [-0.2, -0.15) is 13.2 Å². The molecule has 1 saturated carbocycles. The minimum absolute atomic E-state index is 0.129. The molecule has 2 aliphatic rings. The lowest BCUT2D eigenvalue weighted by Crippen LogP contribution is -2.12. The third-order valence-corrected chi connectivity index (χ3v) is 5.80. The smallest absolute Gasteiger partial charge is 0.368 e. The average Bonchev–Trinajstić information content (AvgIpc) is 3.37. The van der Waals surface area contributed by atoms with Crippen molar-refractivity contribution in [1.82, 2.24) is 10.3 Å². The van der Waals surface area contributed by atoms with Gasteiger partial charge in [-0.3, -0.25) is 4.98 Å². The van der Waals surface area contributed by atoms with Crippen LogP contribution in [0.15, 0.2) is 48.0 Å². The first kappa shape index (κ1) is 17.6. The fourth-order valence-corrected chi connectivity index (χ4v) is 4.07. The average molecular weight is 395 g/mol. The normalized spacial score (nSPS) is 19.8. The van der Waals surface area contributed by atoms with Gasteiger partial charge in [0.05, 0.1) is 11.9 Å². The number of nitrogens with one attached hydrogen (secondary N) is 2. The fourth-order valence-electron chi connectivity index (χ4n) is 2.72. The topological polar surface area (TPSA) is 37.0 Å². The maximum absolute atomic E-state index is 12.2. The van der Waals surface area contributed by atoms with Crippen LogP contribution in [-0.2, 0) is 0 Å². The lowest BCUT2D eigenvalue weighted by molar-refractivity contribution is -0.0323. The molecule has 8 heteroatoms. The Balaban J connectivity index is 1.39. The van der Waals surface area contributed by atoms with Crippen molar-refractivity contribution in [2.24, 2.45) is 0 Å². The second kappa shape index (κ2) is 7.08. The number of halogens is 3. The molecule has 1 aliphatic carbocycles. The molecule has 2 aromatic rings. The molecule has 0 radical (unpaired) electrons. The van der Waals surface area contributed by atoms with Gasteiger partial charge < -0.3 is 10.0 Å². The number of alkyl halides is 3. The highest BCUT2D eigenvalue weighted by atomic mass is 32.2. The summed E-state index contributed by atoms with van der Waals surface area (Å²) in [7, 11) is 0. The highest BCUT2D eigenvalue weighted by Gasteiger charge is 2.29. The largest absolute Gasteiger partial charge is 0.461 e. The minimum Gasteiger partial charge on any atom is -0.368 e. The monoisotopic (exact) mass is 395 g/mol. The number of rotatable bonds is 5. The van der Waals surface area contributed by atoms with Gasteiger partial charge in [0.2, 0.25) is 0 Å². The van der Waals surface area contributed by atoms with E-state index in [2.05, 4.69) is 26.5 Å². The Kier molecular flexibility index (Phi) is 4.79. The molecule has 0 saturated heterocycles. The Labute approximate surface area is 158 Å². The van der Waals surface area contributed by atoms with Crippen molar-refractivity contribution in [3.05, 3.63) is 64.8 Å². The van der Waals surface area contributed by atoms with Crippen molar-refractivity contribution in [3.8, 4) is 0 Å². The van der Waals surface area contributed by atoms with Crippen LogP contribution in [0, 0.1) is 0 Å². The molecule has 1 unspecified atom stereocenters. The Hall–Kier alpha value is -1.80. The van der Waals surface area contributed by atoms with E-state index >= 15 is 0 Å². The number of nitrogens with zero attached hydrogens (tertiary/aromatic N) is 1. The Morgan fingerprint density at radius 3 is 2.62 bits per heavy atom. The van der Waals surface area contributed by atoms with Gasteiger partial charge in [-0.05, 0) is 53.6 Å². The summed E-state index contributed by atoms with van der Waals surface area (Å²) in [5.41, 5.74) is 0.386. The highest BCUT2D eigenvalue weighted by molar-refractivity contribution is 8.02. The van der Waals surface area contributed by atoms with E-state index < -0.39 is 5.51 Å². The molecular weight excluding hydrogens is 379 g/mol. The summed E-state index contributed by atoms with van der Waals surface area (Å²) >= 11 is 1.43. The first-order valence-corrected chi connectivity index (χ1v) is 9.93. The van der Waals surface area contributed by atoms with Crippen molar-refractivity contribution in [3.63, 3.8) is 0 Å². The van der Waals surface area contributed by atoms with Crippen molar-refractivity contribution in [2.45, 2.75) is 29.6 Å². The van der Waals surface area contributed by atoms with Crippen molar-refractivity contribution in [1.29, 1.82) is 0 Å². The molecule has 2 N–H and O–H groups in total. The molecule has 1 fully saturated rings. The second-order valence-electron chi connectivity index (χ2n) is 6.21. The third kappa shape index (κ3) is 4.29. The van der Waals surface area contributed by atoms with Crippen molar-refractivity contribution < 1.29 is 13.2 Å². The molecule has 136 valence electrons. The van der Waals surface area contributed by atoms with E-state index in [1.807, 2.05) is 24.4 Å². The van der Waals surface area contributed by atoms with E-state index in [1.165, 1.54) is 18.4 Å². The van der Waals surface area contributed by atoms with Crippen LogP contribution in [0.4, 0.5) is 18.9 Å². The first-order chi connectivity index (χ1) is 12.5. The predicted octanol–water partition coefficient (Wildman–Crippen LogP) is 5.87. The molecule has 1 aromatic carbocycles. The van der Waals surface area contributed by atoms with Crippen LogP contribution in [0.25, 0.3) is 5.70 Å². The molecular formula is C18H16F3N3S2. The zero-order valence-electron chi connectivity index (χ0n) is 13.6. The number of pyridine rings is 1. The molecule has 26 heavy (non-hydrogen) atoms. The molecule has 1 atom stereocenters. The van der Waals surface area contributed by atoms with Gasteiger partial charge in [-0.1, -0.05) is 12.1 Å². The third-order valence-electron chi connectivity index (χ3n) is 4.19. The number of anilines is 1. The van der Waals surface area contributed by atoms with Gasteiger partial charge in [0, 0.05) is 29.2 Å². The Bertz CT molecular complexity index is 817. The molecule has 0 amide bonds. The number of hydrogen-bond acceptors (Lipinski definition) is 5. The molecule has 1 aliphatic heterocycles. The summed E-state index contributed by atoms with van der Waals surface area (Å²) in [4.78, 5) is 4.45. The summed E-state index contributed by atoms with van der Waals surface area (Å²) in [6, 6.07) is 11.1. The van der Waals surface area contributed by atoms with E-state index in [9.17, 15) is 13.2 Å². The van der Waals surface area contributed by atoms with Crippen LogP contribution in [0.1, 0.15) is 41.0 Å². The molecule has 2 heterocycles. The van der Waals surface area contributed by atoms with Crippen LogP contribution >= 0.6 is 23.7 Å². The minimum atomic E-state index is -4.30. The highest BCUT2D eigenvalue weighted by Crippen LogP contribution is 2.42.